The quantitative estimate of drug-likeness (QED) is 0.458. The van der Waals surface area contributed by atoms with Gasteiger partial charge >= 0.3 is 0 Å². The summed E-state index contributed by atoms with van der Waals surface area (Å²) in [5.74, 6) is 0.543. The maximum absolute atomic E-state index is 12.4. The molecule has 0 unspecified atom stereocenters. The van der Waals surface area contributed by atoms with Crippen molar-refractivity contribution in [2.45, 2.75) is 18.2 Å². The Hall–Kier alpha value is -1.36. The van der Waals surface area contributed by atoms with E-state index in [-0.39, 0.29) is 5.78 Å². The number of thiazole rings is 1. The van der Waals surface area contributed by atoms with Crippen molar-refractivity contribution < 1.29 is 4.79 Å². The van der Waals surface area contributed by atoms with Crippen LogP contribution in [0.2, 0.25) is 5.02 Å². The SMILES string of the molecule is Cc1ccc(C)c(C(=O)CSc2nc3cc(Cl)ccc3s2)c1. The van der Waals surface area contributed by atoms with Gasteiger partial charge in [-0.05, 0) is 43.7 Å². The van der Waals surface area contributed by atoms with Crippen LogP contribution in [0.25, 0.3) is 10.2 Å². The van der Waals surface area contributed by atoms with Crippen molar-refractivity contribution in [1.29, 1.82) is 0 Å². The summed E-state index contributed by atoms with van der Waals surface area (Å²) < 4.78 is 1.99. The summed E-state index contributed by atoms with van der Waals surface area (Å²) in [6.45, 7) is 3.97. The van der Waals surface area contributed by atoms with Crippen LogP contribution in [0.5, 0.6) is 0 Å². The Kier molecular flexibility index (Phi) is 4.52. The first-order chi connectivity index (χ1) is 10.5. The van der Waals surface area contributed by atoms with Gasteiger partial charge in [0, 0.05) is 10.6 Å². The number of halogens is 1. The molecule has 0 atom stereocenters. The number of hydrogen-bond donors (Lipinski definition) is 0. The van der Waals surface area contributed by atoms with E-state index < -0.39 is 0 Å². The summed E-state index contributed by atoms with van der Waals surface area (Å²) in [5, 5.41) is 0.681. The molecule has 0 saturated carbocycles. The van der Waals surface area contributed by atoms with Crippen LogP contribution in [0.4, 0.5) is 0 Å². The molecule has 2 nitrogen and oxygen atoms in total. The van der Waals surface area contributed by atoms with Crippen LogP contribution < -0.4 is 0 Å². The van der Waals surface area contributed by atoms with Gasteiger partial charge in [0.25, 0.3) is 0 Å². The van der Waals surface area contributed by atoms with E-state index in [0.717, 1.165) is 31.2 Å². The first kappa shape index (κ1) is 15.5. The van der Waals surface area contributed by atoms with Gasteiger partial charge in [0.1, 0.15) is 0 Å². The van der Waals surface area contributed by atoms with Gasteiger partial charge < -0.3 is 0 Å². The van der Waals surface area contributed by atoms with Crippen molar-refractivity contribution in [1.82, 2.24) is 4.98 Å². The number of benzene rings is 2. The zero-order valence-corrected chi connectivity index (χ0v) is 14.6. The van der Waals surface area contributed by atoms with Gasteiger partial charge in [0.2, 0.25) is 0 Å². The Morgan fingerprint density at radius 3 is 2.86 bits per heavy atom. The monoisotopic (exact) mass is 347 g/mol. The molecule has 3 aromatic rings. The molecule has 22 heavy (non-hydrogen) atoms. The lowest BCUT2D eigenvalue weighted by Gasteiger charge is -2.05. The van der Waals surface area contributed by atoms with Crippen LogP contribution >= 0.6 is 34.7 Å². The van der Waals surface area contributed by atoms with Gasteiger partial charge in [0.15, 0.2) is 10.1 Å². The molecule has 0 aliphatic heterocycles. The first-order valence-electron chi connectivity index (χ1n) is 6.82. The van der Waals surface area contributed by atoms with Crippen LogP contribution in [-0.2, 0) is 0 Å². The fourth-order valence-electron chi connectivity index (χ4n) is 2.18. The van der Waals surface area contributed by atoms with E-state index in [0.29, 0.717) is 10.8 Å². The van der Waals surface area contributed by atoms with Crippen molar-refractivity contribution in [2.75, 3.05) is 5.75 Å². The number of aryl methyl sites for hydroxylation is 2. The first-order valence-corrected chi connectivity index (χ1v) is 9.00. The lowest BCUT2D eigenvalue weighted by atomic mass is 10.0. The Balaban J connectivity index is 1.75. The third-order valence-corrected chi connectivity index (χ3v) is 5.76. The molecule has 112 valence electrons. The number of nitrogens with zero attached hydrogens (tertiary/aromatic N) is 1. The molecule has 0 aliphatic carbocycles. The van der Waals surface area contributed by atoms with E-state index in [1.807, 2.05) is 50.2 Å². The Morgan fingerprint density at radius 1 is 1.23 bits per heavy atom. The molecule has 0 amide bonds. The summed E-state index contributed by atoms with van der Waals surface area (Å²) in [6, 6.07) is 11.6. The van der Waals surface area contributed by atoms with Crippen LogP contribution in [0.15, 0.2) is 40.7 Å². The predicted octanol–water partition coefficient (Wildman–Crippen LogP) is 5.54. The minimum absolute atomic E-state index is 0.142. The van der Waals surface area contributed by atoms with E-state index in [4.69, 9.17) is 11.6 Å². The average Bonchev–Trinajstić information content (AvgIpc) is 2.89. The predicted molar refractivity (Wildman–Crippen MR) is 95.6 cm³/mol. The molecule has 0 saturated heterocycles. The van der Waals surface area contributed by atoms with Crippen molar-refractivity contribution in [3.05, 3.63) is 58.1 Å². The van der Waals surface area contributed by atoms with Gasteiger partial charge in [0.05, 0.1) is 16.0 Å². The number of Topliss-reactive ketones (excluding diaryl/α,β-unsaturated/α-hetero) is 1. The number of rotatable bonds is 4. The second kappa shape index (κ2) is 6.41. The molecule has 0 bridgehead atoms. The number of hydrogen-bond acceptors (Lipinski definition) is 4. The molecule has 1 aromatic heterocycles. The van der Waals surface area contributed by atoms with E-state index in [2.05, 4.69) is 4.98 Å². The zero-order chi connectivity index (χ0) is 15.7. The Bertz CT molecular complexity index is 857. The molecule has 0 N–H and O–H groups in total. The van der Waals surface area contributed by atoms with Crippen LogP contribution in [-0.4, -0.2) is 16.5 Å². The van der Waals surface area contributed by atoms with Gasteiger partial charge in [-0.15, -0.1) is 11.3 Å². The fraction of sp³-hybridized carbons (Fsp3) is 0.176. The molecule has 0 spiro atoms. The second-order valence-corrected chi connectivity index (χ2v) is 7.81. The maximum atomic E-state index is 12.4. The minimum atomic E-state index is 0.142. The molecule has 5 heteroatoms. The number of aromatic nitrogens is 1. The number of thioether (sulfide) groups is 1. The van der Waals surface area contributed by atoms with E-state index >= 15 is 0 Å². The number of ketones is 1. The van der Waals surface area contributed by atoms with Crippen LogP contribution in [0.3, 0.4) is 0 Å². The molecule has 2 aromatic carbocycles. The number of carbonyl (C=O) groups excluding carboxylic acids is 1. The average molecular weight is 348 g/mol. The summed E-state index contributed by atoms with van der Waals surface area (Å²) in [6.07, 6.45) is 0. The van der Waals surface area contributed by atoms with E-state index in [1.54, 1.807) is 11.3 Å². The molecule has 1 heterocycles. The van der Waals surface area contributed by atoms with Gasteiger partial charge in [-0.3, -0.25) is 4.79 Å². The maximum Gasteiger partial charge on any atom is 0.173 e. The minimum Gasteiger partial charge on any atom is -0.293 e. The van der Waals surface area contributed by atoms with Crippen molar-refractivity contribution >= 4 is 50.7 Å². The standard InChI is InChI=1S/C17H14ClNOS2/c1-10-3-4-11(2)13(7-10)15(20)9-21-17-19-14-8-12(18)5-6-16(14)22-17/h3-8H,9H2,1-2H3. The molecular formula is C17H14ClNOS2. The highest BCUT2D eigenvalue weighted by atomic mass is 35.5. The van der Waals surface area contributed by atoms with Gasteiger partial charge in [-0.1, -0.05) is 41.1 Å². The second-order valence-electron chi connectivity index (χ2n) is 5.12. The van der Waals surface area contributed by atoms with E-state index in [1.165, 1.54) is 11.8 Å². The topological polar surface area (TPSA) is 30.0 Å². The third-order valence-electron chi connectivity index (χ3n) is 3.35. The molecular weight excluding hydrogens is 334 g/mol. The van der Waals surface area contributed by atoms with Crippen LogP contribution in [0, 0.1) is 13.8 Å². The Labute approximate surface area is 142 Å². The normalized spacial score (nSPS) is 11.0. The van der Waals surface area contributed by atoms with Crippen molar-refractivity contribution in [3.63, 3.8) is 0 Å². The highest BCUT2D eigenvalue weighted by molar-refractivity contribution is 8.01. The summed E-state index contributed by atoms with van der Waals surface area (Å²) in [5.41, 5.74) is 3.82. The lowest BCUT2D eigenvalue weighted by molar-refractivity contribution is 0.102. The van der Waals surface area contributed by atoms with Gasteiger partial charge in [-0.25, -0.2) is 4.98 Å². The fourth-order valence-corrected chi connectivity index (χ4v) is 4.28. The highest BCUT2D eigenvalue weighted by Gasteiger charge is 2.12. The van der Waals surface area contributed by atoms with Gasteiger partial charge in [-0.2, -0.15) is 0 Å². The number of fused-ring (bicyclic) bond motifs is 1. The third kappa shape index (κ3) is 3.35. The molecule has 0 aliphatic rings. The van der Waals surface area contributed by atoms with Crippen LogP contribution in [0.1, 0.15) is 21.5 Å². The summed E-state index contributed by atoms with van der Waals surface area (Å²) >= 11 is 9.05. The molecule has 3 rings (SSSR count). The smallest absolute Gasteiger partial charge is 0.173 e. The van der Waals surface area contributed by atoms with Crippen molar-refractivity contribution in [3.8, 4) is 0 Å². The summed E-state index contributed by atoms with van der Waals surface area (Å²) in [7, 11) is 0. The molecule has 0 fully saturated rings. The van der Waals surface area contributed by atoms with E-state index in [9.17, 15) is 4.79 Å². The number of carbonyl (C=O) groups is 1. The largest absolute Gasteiger partial charge is 0.293 e. The van der Waals surface area contributed by atoms with Crippen molar-refractivity contribution in [2.24, 2.45) is 0 Å². The molecule has 0 radical (unpaired) electrons. The lowest BCUT2D eigenvalue weighted by Crippen LogP contribution is -2.05. The highest BCUT2D eigenvalue weighted by Crippen LogP contribution is 2.31. The Morgan fingerprint density at radius 2 is 2.05 bits per heavy atom. The zero-order valence-electron chi connectivity index (χ0n) is 12.2. The summed E-state index contributed by atoms with van der Waals surface area (Å²) in [4.78, 5) is 16.9.